The molecule has 5 heteroatoms. The van der Waals surface area contributed by atoms with Crippen molar-refractivity contribution in [3.05, 3.63) is 132 Å². The van der Waals surface area contributed by atoms with Crippen molar-refractivity contribution in [2.45, 2.75) is 0 Å². The SMILES string of the molecule is Brc1ccc2ccc3c(c2c1)c1ccccc1n3-c1nc(-c2ccc(-c3ccccn3)cc2)c2ccccc2n1. The average molecular weight is 577 g/mol. The third-order valence-corrected chi connectivity index (χ3v) is 8.02. The van der Waals surface area contributed by atoms with E-state index in [0.29, 0.717) is 5.95 Å². The van der Waals surface area contributed by atoms with Gasteiger partial charge < -0.3 is 0 Å². The lowest BCUT2D eigenvalue weighted by atomic mass is 10.0. The van der Waals surface area contributed by atoms with E-state index in [-0.39, 0.29) is 0 Å². The zero-order valence-corrected chi connectivity index (χ0v) is 22.9. The van der Waals surface area contributed by atoms with Gasteiger partial charge in [0, 0.05) is 38.0 Å². The Balaban J connectivity index is 1.40. The van der Waals surface area contributed by atoms with Gasteiger partial charge in [0.15, 0.2) is 0 Å². The molecule has 5 aromatic carbocycles. The zero-order chi connectivity index (χ0) is 26.6. The van der Waals surface area contributed by atoms with Crippen LogP contribution in [0.4, 0.5) is 0 Å². The van der Waals surface area contributed by atoms with Crippen LogP contribution in [0.1, 0.15) is 0 Å². The number of benzene rings is 5. The molecule has 0 spiro atoms. The zero-order valence-electron chi connectivity index (χ0n) is 21.3. The van der Waals surface area contributed by atoms with Gasteiger partial charge >= 0.3 is 0 Å². The monoisotopic (exact) mass is 576 g/mol. The minimum atomic E-state index is 0.656. The second-order valence-electron chi connectivity index (χ2n) is 9.86. The Hall–Kier alpha value is -4.87. The maximum Gasteiger partial charge on any atom is 0.235 e. The van der Waals surface area contributed by atoms with Crippen molar-refractivity contribution in [1.29, 1.82) is 0 Å². The van der Waals surface area contributed by atoms with Crippen LogP contribution in [0.3, 0.4) is 0 Å². The third-order valence-electron chi connectivity index (χ3n) is 7.53. The number of pyridine rings is 1. The van der Waals surface area contributed by atoms with Gasteiger partial charge in [0.1, 0.15) is 0 Å². The molecule has 0 atom stereocenters. The molecule has 0 amide bonds. The predicted octanol–water partition coefficient (Wildman–Crippen LogP) is 9.37. The third kappa shape index (κ3) is 3.63. The highest BCUT2D eigenvalue weighted by Gasteiger charge is 2.18. The molecule has 0 radical (unpaired) electrons. The molecule has 3 aromatic heterocycles. The first kappa shape index (κ1) is 23.1. The Labute approximate surface area is 238 Å². The van der Waals surface area contributed by atoms with Gasteiger partial charge in [0.25, 0.3) is 0 Å². The summed E-state index contributed by atoms with van der Waals surface area (Å²) in [5, 5.41) is 5.80. The quantitative estimate of drug-likeness (QED) is 0.210. The van der Waals surface area contributed by atoms with Crippen LogP contribution in [0.25, 0.3) is 71.9 Å². The van der Waals surface area contributed by atoms with E-state index >= 15 is 0 Å². The first-order valence-electron chi connectivity index (χ1n) is 13.1. The number of halogens is 1. The summed E-state index contributed by atoms with van der Waals surface area (Å²) in [5.74, 6) is 0.656. The highest BCUT2D eigenvalue weighted by Crippen LogP contribution is 2.38. The number of nitrogens with zero attached hydrogens (tertiary/aromatic N) is 4. The van der Waals surface area contributed by atoms with Crippen molar-refractivity contribution in [1.82, 2.24) is 19.5 Å². The minimum Gasteiger partial charge on any atom is -0.278 e. The normalized spacial score (nSPS) is 11.6. The van der Waals surface area contributed by atoms with E-state index in [2.05, 4.69) is 116 Å². The Kier molecular flexibility index (Phi) is 5.25. The number of fused-ring (bicyclic) bond motifs is 6. The number of hydrogen-bond acceptors (Lipinski definition) is 3. The predicted molar refractivity (Wildman–Crippen MR) is 168 cm³/mol. The van der Waals surface area contributed by atoms with Crippen molar-refractivity contribution in [2.24, 2.45) is 0 Å². The smallest absolute Gasteiger partial charge is 0.235 e. The van der Waals surface area contributed by atoms with E-state index in [0.717, 1.165) is 48.9 Å². The standard InChI is InChI=1S/C35H21BrN4/c36-25-18-16-22-17-19-32-33(28(22)21-25)27-8-2-4-11-31(27)40(32)35-38-30-10-3-1-7-26(30)34(39-35)24-14-12-23(13-15-24)29-9-5-6-20-37-29/h1-21H. The lowest BCUT2D eigenvalue weighted by Gasteiger charge is -2.12. The Bertz CT molecular complexity index is 2220. The van der Waals surface area contributed by atoms with Crippen LogP contribution >= 0.6 is 15.9 Å². The molecule has 0 bridgehead atoms. The fourth-order valence-electron chi connectivity index (χ4n) is 5.69. The van der Waals surface area contributed by atoms with Crippen LogP contribution in [0.15, 0.2) is 132 Å². The summed E-state index contributed by atoms with van der Waals surface area (Å²) >= 11 is 3.68. The van der Waals surface area contributed by atoms with Gasteiger partial charge in [-0.15, -0.1) is 0 Å². The summed E-state index contributed by atoms with van der Waals surface area (Å²) in [4.78, 5) is 14.8. The van der Waals surface area contributed by atoms with Gasteiger partial charge in [-0.2, -0.15) is 0 Å². The van der Waals surface area contributed by atoms with Crippen molar-refractivity contribution in [3.63, 3.8) is 0 Å². The van der Waals surface area contributed by atoms with Gasteiger partial charge in [-0.1, -0.05) is 94.8 Å². The fourth-order valence-corrected chi connectivity index (χ4v) is 6.05. The van der Waals surface area contributed by atoms with Crippen LogP contribution < -0.4 is 0 Å². The molecule has 8 aromatic rings. The average Bonchev–Trinajstić information content (AvgIpc) is 3.36. The van der Waals surface area contributed by atoms with Crippen LogP contribution in [0, 0.1) is 0 Å². The molecule has 0 unspecified atom stereocenters. The number of para-hydroxylation sites is 2. The van der Waals surface area contributed by atoms with E-state index in [1.165, 1.54) is 21.5 Å². The van der Waals surface area contributed by atoms with Gasteiger partial charge in [-0.3, -0.25) is 9.55 Å². The van der Waals surface area contributed by atoms with E-state index < -0.39 is 0 Å². The van der Waals surface area contributed by atoms with Crippen LogP contribution in [-0.2, 0) is 0 Å². The summed E-state index contributed by atoms with van der Waals surface area (Å²) in [5.41, 5.74) is 7.04. The molecule has 0 N–H and O–H groups in total. The molecule has 0 saturated heterocycles. The van der Waals surface area contributed by atoms with Crippen molar-refractivity contribution in [2.75, 3.05) is 0 Å². The number of hydrogen-bond donors (Lipinski definition) is 0. The first-order chi connectivity index (χ1) is 19.7. The first-order valence-corrected chi connectivity index (χ1v) is 13.9. The minimum absolute atomic E-state index is 0.656. The molecule has 0 aliphatic carbocycles. The largest absolute Gasteiger partial charge is 0.278 e. The maximum atomic E-state index is 5.24. The molecular weight excluding hydrogens is 556 g/mol. The molecule has 40 heavy (non-hydrogen) atoms. The molecule has 8 rings (SSSR count). The number of aromatic nitrogens is 4. The summed E-state index contributed by atoms with van der Waals surface area (Å²) in [6.07, 6.45) is 1.82. The summed E-state index contributed by atoms with van der Waals surface area (Å²) in [6, 6.07) is 42.0. The van der Waals surface area contributed by atoms with Gasteiger partial charge in [-0.05, 0) is 53.2 Å². The van der Waals surface area contributed by atoms with E-state index in [4.69, 9.17) is 9.97 Å². The van der Waals surface area contributed by atoms with Gasteiger partial charge in [0.05, 0.1) is 27.9 Å². The van der Waals surface area contributed by atoms with E-state index in [9.17, 15) is 0 Å². The Morgan fingerprint density at radius 2 is 1.32 bits per heavy atom. The second-order valence-corrected chi connectivity index (χ2v) is 10.8. The molecule has 188 valence electrons. The molecule has 0 aliphatic heterocycles. The van der Waals surface area contributed by atoms with Crippen molar-refractivity contribution < 1.29 is 0 Å². The van der Waals surface area contributed by atoms with E-state index in [1.807, 2.05) is 36.5 Å². The van der Waals surface area contributed by atoms with Gasteiger partial charge in [0.2, 0.25) is 5.95 Å². The summed E-state index contributed by atoms with van der Waals surface area (Å²) in [6.45, 7) is 0. The Morgan fingerprint density at radius 1 is 0.575 bits per heavy atom. The highest BCUT2D eigenvalue weighted by molar-refractivity contribution is 9.10. The van der Waals surface area contributed by atoms with Gasteiger partial charge in [-0.25, -0.2) is 9.97 Å². The van der Waals surface area contributed by atoms with Crippen LogP contribution in [0.2, 0.25) is 0 Å². The fraction of sp³-hybridized carbons (Fsp3) is 0. The van der Waals surface area contributed by atoms with Crippen LogP contribution in [0.5, 0.6) is 0 Å². The van der Waals surface area contributed by atoms with Crippen molar-refractivity contribution in [3.8, 4) is 28.5 Å². The lowest BCUT2D eigenvalue weighted by molar-refractivity contribution is 1.01. The Morgan fingerprint density at radius 3 is 2.17 bits per heavy atom. The van der Waals surface area contributed by atoms with E-state index in [1.54, 1.807) is 0 Å². The molecule has 3 heterocycles. The molecule has 0 aliphatic rings. The molecule has 0 saturated carbocycles. The van der Waals surface area contributed by atoms with Crippen molar-refractivity contribution >= 4 is 59.4 Å². The topological polar surface area (TPSA) is 43.6 Å². The summed E-state index contributed by atoms with van der Waals surface area (Å²) in [7, 11) is 0. The summed E-state index contributed by atoms with van der Waals surface area (Å²) < 4.78 is 3.26. The number of rotatable bonds is 3. The second kappa shape index (κ2) is 9.11. The maximum absolute atomic E-state index is 5.24. The molecule has 4 nitrogen and oxygen atoms in total. The highest BCUT2D eigenvalue weighted by atomic mass is 79.9. The molecular formula is C35H21BrN4. The molecule has 0 fully saturated rings. The van der Waals surface area contributed by atoms with Crippen LogP contribution in [-0.4, -0.2) is 19.5 Å². The lowest BCUT2D eigenvalue weighted by Crippen LogP contribution is -2.03.